The van der Waals surface area contributed by atoms with E-state index in [1.807, 2.05) is 0 Å². The Bertz CT molecular complexity index is 1330. The van der Waals surface area contributed by atoms with Crippen molar-refractivity contribution in [3.63, 3.8) is 0 Å². The summed E-state index contributed by atoms with van der Waals surface area (Å²) in [4.78, 5) is 21.5. The summed E-state index contributed by atoms with van der Waals surface area (Å²) in [6, 6.07) is 26.1. The lowest BCUT2D eigenvalue weighted by Gasteiger charge is -2.48. The van der Waals surface area contributed by atoms with Gasteiger partial charge in [-0.05, 0) is 60.8 Å². The third-order valence-corrected chi connectivity index (χ3v) is 7.66. The second-order valence-corrected chi connectivity index (χ2v) is 9.81. The summed E-state index contributed by atoms with van der Waals surface area (Å²) in [7, 11) is 0. The standard InChI is InChI=1S/C30H30FN3O/c31-23-14-12-21(13-15-23)28(35)11-6-16-33-17-18-34-24(20-33)19-26-25-9-4-5-10-27(25)32-29(26)30(34)22-7-2-1-3-8-22/h1-5,7-10,12-15,24,30,32H,6,11,16-20H2. The number of carbonyl (C=O) groups is 1. The first kappa shape index (κ1) is 22.2. The molecule has 1 aromatic heterocycles. The maximum Gasteiger partial charge on any atom is 0.162 e. The van der Waals surface area contributed by atoms with Gasteiger partial charge in [-0.2, -0.15) is 0 Å². The third-order valence-electron chi connectivity index (χ3n) is 7.66. The van der Waals surface area contributed by atoms with Crippen LogP contribution in [0, 0.1) is 5.82 Å². The number of para-hydroxylation sites is 1. The quantitative estimate of drug-likeness (QED) is 0.375. The van der Waals surface area contributed by atoms with Crippen molar-refractivity contribution in [1.82, 2.24) is 14.8 Å². The lowest BCUT2D eigenvalue weighted by Crippen LogP contribution is -2.57. The molecule has 35 heavy (non-hydrogen) atoms. The Labute approximate surface area is 205 Å². The van der Waals surface area contributed by atoms with Gasteiger partial charge in [0.15, 0.2) is 5.78 Å². The van der Waals surface area contributed by atoms with Crippen LogP contribution in [0.2, 0.25) is 0 Å². The molecule has 2 atom stereocenters. The third kappa shape index (κ3) is 4.30. The van der Waals surface area contributed by atoms with Crippen LogP contribution in [0.5, 0.6) is 0 Å². The van der Waals surface area contributed by atoms with Crippen LogP contribution >= 0.6 is 0 Å². The molecule has 0 spiro atoms. The number of benzene rings is 3. The predicted octanol–water partition coefficient (Wildman–Crippen LogP) is 5.60. The van der Waals surface area contributed by atoms with E-state index in [0.29, 0.717) is 18.0 Å². The second-order valence-electron chi connectivity index (χ2n) is 9.81. The molecule has 0 amide bonds. The summed E-state index contributed by atoms with van der Waals surface area (Å²) in [5, 5.41) is 1.34. The van der Waals surface area contributed by atoms with E-state index in [9.17, 15) is 9.18 Å². The summed E-state index contributed by atoms with van der Waals surface area (Å²) in [6.07, 6.45) is 2.35. The fourth-order valence-electron chi connectivity index (χ4n) is 5.97. The van der Waals surface area contributed by atoms with Crippen LogP contribution in [0.15, 0.2) is 78.9 Å². The molecule has 0 saturated carbocycles. The molecule has 0 bridgehead atoms. The van der Waals surface area contributed by atoms with E-state index in [0.717, 1.165) is 39.0 Å². The van der Waals surface area contributed by atoms with Crippen LogP contribution in [-0.2, 0) is 6.42 Å². The van der Waals surface area contributed by atoms with Crippen LogP contribution in [0.25, 0.3) is 10.9 Å². The van der Waals surface area contributed by atoms with Crippen molar-refractivity contribution < 1.29 is 9.18 Å². The van der Waals surface area contributed by atoms with E-state index >= 15 is 0 Å². The van der Waals surface area contributed by atoms with E-state index in [4.69, 9.17) is 0 Å². The highest BCUT2D eigenvalue weighted by Gasteiger charge is 2.40. The SMILES string of the molecule is O=C(CCCN1CCN2C(Cc3c([nH]c4ccccc34)C2c2ccccc2)C1)c1ccc(F)cc1. The Morgan fingerprint density at radius 2 is 1.71 bits per heavy atom. The van der Waals surface area contributed by atoms with Crippen molar-refractivity contribution in [1.29, 1.82) is 0 Å². The number of aromatic amines is 1. The van der Waals surface area contributed by atoms with Gasteiger partial charge >= 0.3 is 0 Å². The summed E-state index contributed by atoms with van der Waals surface area (Å²) in [5.74, 6) is -0.215. The molecule has 6 rings (SSSR count). The number of hydrogen-bond donors (Lipinski definition) is 1. The van der Waals surface area contributed by atoms with Crippen molar-refractivity contribution in [2.75, 3.05) is 26.2 Å². The van der Waals surface area contributed by atoms with Gasteiger partial charge in [-0.25, -0.2) is 4.39 Å². The van der Waals surface area contributed by atoms with Crippen LogP contribution in [-0.4, -0.2) is 52.8 Å². The topological polar surface area (TPSA) is 39.3 Å². The summed E-state index contributed by atoms with van der Waals surface area (Å²) in [5.41, 5.74) is 5.94. The Morgan fingerprint density at radius 1 is 0.943 bits per heavy atom. The number of piperazine rings is 1. The molecule has 1 N–H and O–H groups in total. The Balaban J connectivity index is 1.19. The number of halogens is 1. The van der Waals surface area contributed by atoms with E-state index in [-0.39, 0.29) is 17.6 Å². The van der Waals surface area contributed by atoms with Gasteiger partial charge in [-0.15, -0.1) is 0 Å². The molecule has 4 nitrogen and oxygen atoms in total. The lowest BCUT2D eigenvalue weighted by atomic mass is 9.86. The van der Waals surface area contributed by atoms with Gasteiger partial charge in [0.2, 0.25) is 0 Å². The lowest BCUT2D eigenvalue weighted by molar-refractivity contribution is 0.0417. The predicted molar refractivity (Wildman–Crippen MR) is 137 cm³/mol. The Kier molecular flexibility index (Phi) is 5.96. The minimum absolute atomic E-state index is 0.0916. The zero-order chi connectivity index (χ0) is 23.8. The Morgan fingerprint density at radius 3 is 2.54 bits per heavy atom. The number of hydrogen-bond acceptors (Lipinski definition) is 3. The van der Waals surface area contributed by atoms with Crippen molar-refractivity contribution in [2.24, 2.45) is 0 Å². The summed E-state index contributed by atoms with van der Waals surface area (Å²) < 4.78 is 13.2. The molecule has 0 radical (unpaired) electrons. The molecule has 2 aliphatic rings. The average molecular weight is 468 g/mol. The smallest absolute Gasteiger partial charge is 0.162 e. The number of rotatable bonds is 6. The largest absolute Gasteiger partial charge is 0.357 e. The van der Waals surface area contributed by atoms with E-state index in [2.05, 4.69) is 69.4 Å². The van der Waals surface area contributed by atoms with Crippen LogP contribution in [0.3, 0.4) is 0 Å². The van der Waals surface area contributed by atoms with Crippen LogP contribution in [0.4, 0.5) is 4.39 Å². The van der Waals surface area contributed by atoms with Crippen molar-refractivity contribution in [2.45, 2.75) is 31.3 Å². The van der Waals surface area contributed by atoms with Crippen molar-refractivity contribution >= 4 is 16.7 Å². The minimum Gasteiger partial charge on any atom is -0.357 e. The number of fused-ring (bicyclic) bond motifs is 4. The van der Waals surface area contributed by atoms with E-state index in [1.54, 1.807) is 12.1 Å². The monoisotopic (exact) mass is 467 g/mol. The zero-order valence-electron chi connectivity index (χ0n) is 19.8. The minimum atomic E-state index is -0.306. The number of aromatic nitrogens is 1. The molecule has 5 heteroatoms. The van der Waals surface area contributed by atoms with E-state index < -0.39 is 0 Å². The summed E-state index contributed by atoms with van der Waals surface area (Å²) >= 11 is 0. The average Bonchev–Trinajstić information content (AvgIpc) is 3.26. The Hall–Kier alpha value is -3.28. The summed E-state index contributed by atoms with van der Waals surface area (Å²) in [6.45, 7) is 3.92. The number of ketones is 1. The number of Topliss-reactive ketones (excluding diaryl/α,β-unsaturated/α-hetero) is 1. The molecule has 3 heterocycles. The molecule has 0 aliphatic carbocycles. The highest BCUT2D eigenvalue weighted by Crippen LogP contribution is 2.41. The number of H-pyrrole nitrogens is 1. The molecule has 4 aromatic rings. The highest BCUT2D eigenvalue weighted by molar-refractivity contribution is 5.96. The van der Waals surface area contributed by atoms with Gasteiger partial charge in [-0.1, -0.05) is 48.5 Å². The van der Waals surface area contributed by atoms with Gasteiger partial charge in [-0.3, -0.25) is 9.69 Å². The molecule has 3 aromatic carbocycles. The first-order valence-electron chi connectivity index (χ1n) is 12.6. The molecular weight excluding hydrogens is 437 g/mol. The highest BCUT2D eigenvalue weighted by atomic mass is 19.1. The van der Waals surface area contributed by atoms with Gasteiger partial charge in [0.05, 0.1) is 6.04 Å². The van der Waals surface area contributed by atoms with Crippen LogP contribution < -0.4 is 0 Å². The van der Waals surface area contributed by atoms with Gasteiger partial charge in [0.1, 0.15) is 5.82 Å². The maximum absolute atomic E-state index is 13.2. The van der Waals surface area contributed by atoms with Crippen molar-refractivity contribution in [3.8, 4) is 0 Å². The molecule has 1 fully saturated rings. The van der Waals surface area contributed by atoms with Gasteiger partial charge in [0.25, 0.3) is 0 Å². The van der Waals surface area contributed by atoms with E-state index in [1.165, 1.54) is 39.9 Å². The zero-order valence-corrected chi connectivity index (χ0v) is 19.8. The van der Waals surface area contributed by atoms with Gasteiger partial charge in [0, 0.05) is 54.3 Å². The number of nitrogens with one attached hydrogen (secondary N) is 1. The second kappa shape index (κ2) is 9.40. The fourth-order valence-corrected chi connectivity index (χ4v) is 5.97. The molecule has 1 saturated heterocycles. The number of carbonyl (C=O) groups excluding carboxylic acids is 1. The van der Waals surface area contributed by atoms with Crippen LogP contribution in [0.1, 0.15) is 46.1 Å². The normalized spacial score (nSPS) is 20.5. The number of nitrogens with zero attached hydrogens (tertiary/aromatic N) is 2. The molecule has 2 unspecified atom stereocenters. The van der Waals surface area contributed by atoms with Gasteiger partial charge < -0.3 is 9.88 Å². The first-order valence-corrected chi connectivity index (χ1v) is 12.6. The molecular formula is C30H30FN3O. The fraction of sp³-hybridized carbons (Fsp3) is 0.300. The van der Waals surface area contributed by atoms with Crippen molar-refractivity contribution in [3.05, 3.63) is 107 Å². The molecule has 2 aliphatic heterocycles. The molecule has 178 valence electrons. The first-order chi connectivity index (χ1) is 17.2. The maximum atomic E-state index is 13.2.